The third-order valence-electron chi connectivity index (χ3n) is 2.83. The molecule has 0 aromatic heterocycles. The van der Waals surface area contributed by atoms with E-state index in [4.69, 9.17) is 10.5 Å². The van der Waals surface area contributed by atoms with Crippen molar-refractivity contribution in [3.63, 3.8) is 0 Å². The highest BCUT2D eigenvalue weighted by molar-refractivity contribution is 4.69. The van der Waals surface area contributed by atoms with Gasteiger partial charge in [0.1, 0.15) is 0 Å². The minimum atomic E-state index is 0.234. The lowest BCUT2D eigenvalue weighted by molar-refractivity contribution is 0.0400. The van der Waals surface area contributed by atoms with Crippen molar-refractivity contribution in [2.24, 2.45) is 5.73 Å². The van der Waals surface area contributed by atoms with Gasteiger partial charge in [-0.1, -0.05) is 12.8 Å². The van der Waals surface area contributed by atoms with E-state index in [1.807, 2.05) is 6.92 Å². The Labute approximate surface area is 87.6 Å². The standard InChI is InChI=1S/C11H24N2O/c1-2-14-11(9-12)10-13-7-5-3-4-6-8-13/h11H,2-10,12H2,1H3. The smallest absolute Gasteiger partial charge is 0.0823 e. The first kappa shape index (κ1) is 12.0. The highest BCUT2D eigenvalue weighted by Crippen LogP contribution is 2.10. The number of rotatable bonds is 5. The van der Waals surface area contributed by atoms with E-state index in [0.717, 1.165) is 13.2 Å². The molecule has 1 atom stereocenters. The third kappa shape index (κ3) is 4.40. The van der Waals surface area contributed by atoms with Crippen LogP contribution in [-0.4, -0.2) is 43.8 Å². The summed E-state index contributed by atoms with van der Waals surface area (Å²) in [5.41, 5.74) is 5.66. The van der Waals surface area contributed by atoms with Crippen molar-refractivity contribution < 1.29 is 4.74 Å². The van der Waals surface area contributed by atoms with E-state index in [-0.39, 0.29) is 6.10 Å². The van der Waals surface area contributed by atoms with Gasteiger partial charge in [0.15, 0.2) is 0 Å². The lowest BCUT2D eigenvalue weighted by atomic mass is 10.2. The average molecular weight is 200 g/mol. The molecule has 0 aromatic rings. The van der Waals surface area contributed by atoms with Gasteiger partial charge in [0.2, 0.25) is 0 Å². The van der Waals surface area contributed by atoms with Gasteiger partial charge in [-0.3, -0.25) is 0 Å². The topological polar surface area (TPSA) is 38.5 Å². The first-order chi connectivity index (χ1) is 6.86. The summed E-state index contributed by atoms with van der Waals surface area (Å²) in [6, 6.07) is 0. The van der Waals surface area contributed by atoms with Gasteiger partial charge in [-0.15, -0.1) is 0 Å². The molecule has 1 rings (SSSR count). The van der Waals surface area contributed by atoms with Crippen molar-refractivity contribution in [1.82, 2.24) is 4.90 Å². The molecule has 0 amide bonds. The van der Waals surface area contributed by atoms with Crippen LogP contribution in [0.5, 0.6) is 0 Å². The molecular weight excluding hydrogens is 176 g/mol. The van der Waals surface area contributed by atoms with Crippen LogP contribution in [-0.2, 0) is 4.74 Å². The largest absolute Gasteiger partial charge is 0.376 e. The van der Waals surface area contributed by atoms with Crippen LogP contribution in [0.1, 0.15) is 32.6 Å². The van der Waals surface area contributed by atoms with Gasteiger partial charge < -0.3 is 15.4 Å². The number of nitrogens with zero attached hydrogens (tertiary/aromatic N) is 1. The molecule has 1 unspecified atom stereocenters. The van der Waals surface area contributed by atoms with Crippen molar-refractivity contribution >= 4 is 0 Å². The van der Waals surface area contributed by atoms with E-state index in [0.29, 0.717) is 6.54 Å². The number of ether oxygens (including phenoxy) is 1. The lowest BCUT2D eigenvalue weighted by Crippen LogP contribution is -2.38. The first-order valence-corrected chi connectivity index (χ1v) is 5.90. The highest BCUT2D eigenvalue weighted by Gasteiger charge is 2.14. The van der Waals surface area contributed by atoms with Gasteiger partial charge in [-0.2, -0.15) is 0 Å². The SMILES string of the molecule is CCOC(CN)CN1CCCCCC1. The summed E-state index contributed by atoms with van der Waals surface area (Å²) < 4.78 is 5.57. The second-order valence-corrected chi connectivity index (χ2v) is 4.03. The molecule has 1 saturated heterocycles. The Balaban J connectivity index is 2.24. The predicted octanol–water partition coefficient (Wildman–Crippen LogP) is 1.23. The van der Waals surface area contributed by atoms with E-state index in [1.54, 1.807) is 0 Å². The molecule has 3 heteroatoms. The number of nitrogens with two attached hydrogens (primary N) is 1. The number of likely N-dealkylation sites (tertiary alicyclic amines) is 1. The van der Waals surface area contributed by atoms with Crippen molar-refractivity contribution in [2.75, 3.05) is 32.8 Å². The zero-order valence-corrected chi connectivity index (χ0v) is 9.37. The van der Waals surface area contributed by atoms with Crippen LogP contribution in [0.15, 0.2) is 0 Å². The number of hydrogen-bond donors (Lipinski definition) is 1. The Morgan fingerprint density at radius 2 is 1.86 bits per heavy atom. The maximum Gasteiger partial charge on any atom is 0.0823 e. The van der Waals surface area contributed by atoms with Gasteiger partial charge in [0, 0.05) is 19.7 Å². The Kier molecular flexibility index (Phi) is 6.15. The molecule has 84 valence electrons. The summed E-state index contributed by atoms with van der Waals surface area (Å²) in [5.74, 6) is 0. The molecule has 0 radical (unpaired) electrons. The minimum absolute atomic E-state index is 0.234. The van der Waals surface area contributed by atoms with E-state index < -0.39 is 0 Å². The van der Waals surface area contributed by atoms with Gasteiger partial charge in [0.05, 0.1) is 6.10 Å². The molecule has 0 aromatic carbocycles. The summed E-state index contributed by atoms with van der Waals surface area (Å²) in [7, 11) is 0. The second kappa shape index (κ2) is 7.21. The summed E-state index contributed by atoms with van der Waals surface area (Å²) in [5, 5.41) is 0. The molecule has 0 aliphatic carbocycles. The fourth-order valence-electron chi connectivity index (χ4n) is 2.04. The first-order valence-electron chi connectivity index (χ1n) is 5.90. The van der Waals surface area contributed by atoms with Crippen LogP contribution in [0.25, 0.3) is 0 Å². The van der Waals surface area contributed by atoms with E-state index in [1.165, 1.54) is 38.8 Å². The minimum Gasteiger partial charge on any atom is -0.376 e. The summed E-state index contributed by atoms with van der Waals surface area (Å²) >= 11 is 0. The zero-order chi connectivity index (χ0) is 10.2. The maximum absolute atomic E-state index is 5.66. The van der Waals surface area contributed by atoms with Crippen molar-refractivity contribution in [3.05, 3.63) is 0 Å². The highest BCUT2D eigenvalue weighted by atomic mass is 16.5. The Hall–Kier alpha value is -0.120. The average Bonchev–Trinajstić information content (AvgIpc) is 2.45. The molecule has 0 saturated carbocycles. The van der Waals surface area contributed by atoms with Crippen LogP contribution in [0.2, 0.25) is 0 Å². The van der Waals surface area contributed by atoms with Crippen LogP contribution in [0.3, 0.4) is 0 Å². The molecule has 1 heterocycles. The van der Waals surface area contributed by atoms with Gasteiger partial charge >= 0.3 is 0 Å². The van der Waals surface area contributed by atoms with Gasteiger partial charge in [-0.25, -0.2) is 0 Å². The molecular formula is C11H24N2O. The molecule has 2 N–H and O–H groups in total. The fourth-order valence-corrected chi connectivity index (χ4v) is 2.04. The maximum atomic E-state index is 5.66. The quantitative estimate of drug-likeness (QED) is 0.725. The fraction of sp³-hybridized carbons (Fsp3) is 1.00. The Morgan fingerprint density at radius 3 is 2.36 bits per heavy atom. The molecule has 3 nitrogen and oxygen atoms in total. The molecule has 1 aliphatic rings. The molecule has 14 heavy (non-hydrogen) atoms. The van der Waals surface area contributed by atoms with Crippen molar-refractivity contribution in [2.45, 2.75) is 38.7 Å². The van der Waals surface area contributed by atoms with E-state index in [9.17, 15) is 0 Å². The van der Waals surface area contributed by atoms with Crippen LogP contribution < -0.4 is 5.73 Å². The Bertz CT molecular complexity index is 133. The normalized spacial score (nSPS) is 21.9. The summed E-state index contributed by atoms with van der Waals surface area (Å²) in [6.45, 7) is 6.92. The van der Waals surface area contributed by atoms with E-state index in [2.05, 4.69) is 4.90 Å². The zero-order valence-electron chi connectivity index (χ0n) is 9.37. The van der Waals surface area contributed by atoms with Gasteiger partial charge in [-0.05, 0) is 32.9 Å². The lowest BCUT2D eigenvalue weighted by Gasteiger charge is -2.25. The molecule has 0 bridgehead atoms. The third-order valence-corrected chi connectivity index (χ3v) is 2.83. The van der Waals surface area contributed by atoms with Crippen molar-refractivity contribution in [1.29, 1.82) is 0 Å². The number of hydrogen-bond acceptors (Lipinski definition) is 3. The van der Waals surface area contributed by atoms with Gasteiger partial charge in [0.25, 0.3) is 0 Å². The monoisotopic (exact) mass is 200 g/mol. The van der Waals surface area contributed by atoms with Crippen molar-refractivity contribution in [3.8, 4) is 0 Å². The van der Waals surface area contributed by atoms with Crippen LogP contribution in [0.4, 0.5) is 0 Å². The summed E-state index contributed by atoms with van der Waals surface area (Å²) in [6.07, 6.45) is 5.68. The molecule has 1 fully saturated rings. The van der Waals surface area contributed by atoms with Crippen LogP contribution >= 0.6 is 0 Å². The van der Waals surface area contributed by atoms with Crippen LogP contribution in [0, 0.1) is 0 Å². The second-order valence-electron chi connectivity index (χ2n) is 4.03. The molecule has 1 aliphatic heterocycles. The van der Waals surface area contributed by atoms with E-state index >= 15 is 0 Å². The predicted molar refractivity (Wildman–Crippen MR) is 59.4 cm³/mol. The summed E-state index contributed by atoms with van der Waals surface area (Å²) in [4.78, 5) is 2.50. The Morgan fingerprint density at radius 1 is 1.21 bits per heavy atom. The molecule has 0 spiro atoms.